The van der Waals surface area contributed by atoms with E-state index in [0.29, 0.717) is 0 Å². The lowest BCUT2D eigenvalue weighted by Gasteiger charge is -1.97. The van der Waals surface area contributed by atoms with E-state index < -0.39 is 16.2 Å². The molecule has 0 radical (unpaired) electrons. The lowest BCUT2D eigenvalue weighted by Crippen LogP contribution is -2.11. The molecule has 0 aliphatic carbocycles. The highest BCUT2D eigenvalue weighted by Gasteiger charge is 2.14. The number of H-pyrrole nitrogens is 1. The molecule has 66 valence electrons. The Kier molecular flexibility index (Phi) is 2.40. The van der Waals surface area contributed by atoms with Crippen molar-refractivity contribution in [3.05, 3.63) is 38.2 Å². The molecular formula is C7H5N3O3. The van der Waals surface area contributed by atoms with E-state index in [0.717, 1.165) is 6.07 Å². The minimum absolute atomic E-state index is 0.102. The molecule has 13 heavy (non-hydrogen) atoms. The molecule has 1 aromatic heterocycles. The summed E-state index contributed by atoms with van der Waals surface area (Å²) in [4.78, 5) is 23.0. The van der Waals surface area contributed by atoms with Crippen LogP contribution in [0.2, 0.25) is 0 Å². The smallest absolute Gasteiger partial charge is 0.328 e. The van der Waals surface area contributed by atoms with Gasteiger partial charge in [0.05, 0.1) is 18.7 Å². The topological polar surface area (TPSA) is 99.8 Å². The van der Waals surface area contributed by atoms with Gasteiger partial charge in [-0.25, -0.2) is 4.98 Å². The first-order valence-electron chi connectivity index (χ1n) is 3.38. The van der Waals surface area contributed by atoms with Gasteiger partial charge < -0.3 is 10.1 Å². The molecule has 0 aromatic carbocycles. The van der Waals surface area contributed by atoms with Crippen molar-refractivity contribution in [1.82, 2.24) is 4.98 Å². The summed E-state index contributed by atoms with van der Waals surface area (Å²) in [6.07, 6.45) is 0.924. The van der Waals surface area contributed by atoms with Crippen molar-refractivity contribution < 1.29 is 4.92 Å². The number of nitriles is 1. The molecule has 1 N–H and O–H groups in total. The molecule has 0 bridgehead atoms. The van der Waals surface area contributed by atoms with Crippen molar-refractivity contribution >= 4 is 5.82 Å². The van der Waals surface area contributed by atoms with E-state index in [1.54, 1.807) is 6.07 Å². The van der Waals surface area contributed by atoms with Gasteiger partial charge in [-0.05, 0) is 4.92 Å². The van der Waals surface area contributed by atoms with Gasteiger partial charge in [0.2, 0.25) is 0 Å². The maximum atomic E-state index is 11.1. The van der Waals surface area contributed by atoms with Crippen LogP contribution in [-0.4, -0.2) is 9.91 Å². The van der Waals surface area contributed by atoms with Crippen LogP contribution >= 0.6 is 0 Å². The summed E-state index contributed by atoms with van der Waals surface area (Å²) >= 11 is 0. The minimum atomic E-state index is -0.714. The Morgan fingerprint density at radius 1 is 1.69 bits per heavy atom. The molecule has 0 spiro atoms. The summed E-state index contributed by atoms with van der Waals surface area (Å²) in [5.74, 6) is -0.408. The molecule has 0 unspecified atom stereocenters. The predicted molar refractivity (Wildman–Crippen MR) is 43.0 cm³/mol. The summed E-state index contributed by atoms with van der Waals surface area (Å²) in [7, 11) is 0. The van der Waals surface area contributed by atoms with Gasteiger partial charge in [0.1, 0.15) is 5.56 Å². The van der Waals surface area contributed by atoms with Crippen LogP contribution in [0.5, 0.6) is 0 Å². The van der Waals surface area contributed by atoms with Crippen LogP contribution in [0.25, 0.3) is 0 Å². The Balaban J connectivity index is 3.36. The monoisotopic (exact) mass is 179 g/mol. The van der Waals surface area contributed by atoms with Gasteiger partial charge in [-0.1, -0.05) is 0 Å². The third kappa shape index (κ3) is 1.70. The van der Waals surface area contributed by atoms with Crippen LogP contribution < -0.4 is 5.43 Å². The second-order valence-electron chi connectivity index (χ2n) is 2.26. The van der Waals surface area contributed by atoms with E-state index in [2.05, 4.69) is 4.98 Å². The number of aromatic amines is 1. The van der Waals surface area contributed by atoms with E-state index in [1.165, 1.54) is 6.20 Å². The van der Waals surface area contributed by atoms with Gasteiger partial charge in [0, 0.05) is 6.07 Å². The number of nitrogens with zero attached hydrogens (tertiary/aromatic N) is 2. The van der Waals surface area contributed by atoms with E-state index in [4.69, 9.17) is 5.26 Å². The number of hydrogen-bond donors (Lipinski definition) is 1. The molecule has 1 rings (SSSR count). The maximum Gasteiger partial charge on any atom is 0.328 e. The van der Waals surface area contributed by atoms with E-state index >= 15 is 0 Å². The fourth-order valence-electron chi connectivity index (χ4n) is 0.913. The van der Waals surface area contributed by atoms with Crippen molar-refractivity contribution in [2.75, 3.05) is 0 Å². The van der Waals surface area contributed by atoms with Crippen LogP contribution in [0.4, 0.5) is 5.82 Å². The van der Waals surface area contributed by atoms with Crippen molar-refractivity contribution in [2.45, 2.75) is 6.42 Å². The molecule has 0 fully saturated rings. The first-order chi connectivity index (χ1) is 6.16. The molecule has 0 saturated heterocycles. The standard InChI is InChI=1S/C7H5N3O3/c8-3-1-5-6(11)2-4-9-7(5)10(12)13/h2,4H,1H2,(H,9,11). The fraction of sp³-hybridized carbons (Fsp3) is 0.143. The van der Waals surface area contributed by atoms with Crippen LogP contribution in [-0.2, 0) is 6.42 Å². The fourth-order valence-corrected chi connectivity index (χ4v) is 0.913. The Morgan fingerprint density at radius 2 is 2.38 bits per heavy atom. The Hall–Kier alpha value is -2.16. The lowest BCUT2D eigenvalue weighted by atomic mass is 10.2. The number of hydrogen-bond acceptors (Lipinski definition) is 4. The van der Waals surface area contributed by atoms with E-state index in [-0.39, 0.29) is 12.0 Å². The Bertz CT molecular complexity index is 429. The van der Waals surface area contributed by atoms with Crippen molar-refractivity contribution in [2.24, 2.45) is 0 Å². The molecule has 0 aliphatic heterocycles. The average Bonchev–Trinajstić information content (AvgIpc) is 2.08. The highest BCUT2D eigenvalue weighted by Crippen LogP contribution is 2.09. The zero-order valence-electron chi connectivity index (χ0n) is 6.48. The summed E-state index contributed by atoms with van der Waals surface area (Å²) in [5, 5.41) is 18.7. The third-order valence-corrected chi connectivity index (χ3v) is 1.48. The zero-order chi connectivity index (χ0) is 9.84. The Morgan fingerprint density at radius 3 is 2.92 bits per heavy atom. The van der Waals surface area contributed by atoms with Gasteiger partial charge >= 0.3 is 5.82 Å². The summed E-state index contributed by atoms with van der Waals surface area (Å²) < 4.78 is 0. The molecule has 0 atom stereocenters. The molecule has 1 aromatic rings. The highest BCUT2D eigenvalue weighted by atomic mass is 16.6. The summed E-state index contributed by atoms with van der Waals surface area (Å²) in [6, 6.07) is 2.85. The largest absolute Gasteiger partial charge is 0.358 e. The number of nitro groups is 1. The van der Waals surface area contributed by atoms with Gasteiger partial charge in [-0.15, -0.1) is 0 Å². The highest BCUT2D eigenvalue weighted by molar-refractivity contribution is 5.33. The van der Waals surface area contributed by atoms with Crippen molar-refractivity contribution in [3.8, 4) is 6.07 Å². The molecular weight excluding hydrogens is 174 g/mol. The molecule has 0 aliphatic rings. The quantitative estimate of drug-likeness (QED) is 0.522. The van der Waals surface area contributed by atoms with Crippen LogP contribution in [0.1, 0.15) is 5.56 Å². The predicted octanol–water partition coefficient (Wildman–Crippen LogP) is 0.349. The van der Waals surface area contributed by atoms with Crippen LogP contribution in [0.3, 0.4) is 0 Å². The van der Waals surface area contributed by atoms with Crippen molar-refractivity contribution in [1.29, 1.82) is 5.26 Å². The average molecular weight is 179 g/mol. The van der Waals surface area contributed by atoms with E-state index in [1.807, 2.05) is 0 Å². The number of aromatic nitrogens is 1. The SMILES string of the molecule is N#CCc1c([N+](=O)[O-])[nH]ccc1=O. The number of nitrogens with one attached hydrogen (secondary N) is 1. The molecule has 1 heterocycles. The Labute approximate surface area is 72.6 Å². The van der Waals surface area contributed by atoms with Crippen molar-refractivity contribution in [3.63, 3.8) is 0 Å². The van der Waals surface area contributed by atoms with Gasteiger partial charge in [0.25, 0.3) is 0 Å². The minimum Gasteiger partial charge on any atom is -0.358 e. The third-order valence-electron chi connectivity index (χ3n) is 1.48. The molecule has 0 amide bonds. The molecule has 6 heteroatoms. The second kappa shape index (κ2) is 3.49. The second-order valence-corrected chi connectivity index (χ2v) is 2.26. The van der Waals surface area contributed by atoms with Gasteiger partial charge in [0.15, 0.2) is 5.43 Å². The van der Waals surface area contributed by atoms with E-state index in [9.17, 15) is 14.9 Å². The van der Waals surface area contributed by atoms with Crippen LogP contribution in [0.15, 0.2) is 17.1 Å². The molecule has 0 saturated carbocycles. The van der Waals surface area contributed by atoms with Crippen LogP contribution in [0, 0.1) is 21.4 Å². The number of pyridine rings is 1. The van der Waals surface area contributed by atoms with Gasteiger partial charge in [-0.2, -0.15) is 5.26 Å². The molecule has 6 nitrogen and oxygen atoms in total. The lowest BCUT2D eigenvalue weighted by molar-refractivity contribution is -0.390. The van der Waals surface area contributed by atoms with Gasteiger partial charge in [-0.3, -0.25) is 4.79 Å². The zero-order valence-corrected chi connectivity index (χ0v) is 6.48. The summed E-state index contributed by atoms with van der Waals surface area (Å²) in [5.41, 5.74) is -0.595. The number of rotatable bonds is 2. The first-order valence-corrected chi connectivity index (χ1v) is 3.38. The normalized spacial score (nSPS) is 9.15. The summed E-state index contributed by atoms with van der Waals surface area (Å²) in [6.45, 7) is 0. The first kappa shape index (κ1) is 8.93. The maximum absolute atomic E-state index is 11.1.